The molecule has 0 radical (unpaired) electrons. The maximum absolute atomic E-state index is 14.0. The van der Waals surface area contributed by atoms with E-state index in [-0.39, 0.29) is 22.3 Å². The van der Waals surface area contributed by atoms with Crippen LogP contribution in [0.15, 0.2) is 69.9 Å². The highest BCUT2D eigenvalue weighted by molar-refractivity contribution is 6.10. The molecule has 7 heteroatoms. The number of pyridine rings is 1. The molecular formula is C28H25FN2O4. The molecule has 2 aromatic heterocycles. The predicted octanol–water partition coefficient (Wildman–Crippen LogP) is 5.95. The smallest absolute Gasteiger partial charge is 0.296 e. The number of anilines is 1. The van der Waals surface area contributed by atoms with Gasteiger partial charge in [-0.3, -0.25) is 14.5 Å². The molecule has 1 aliphatic rings. The summed E-state index contributed by atoms with van der Waals surface area (Å²) in [5, 5.41) is 0.0940. The highest BCUT2D eigenvalue weighted by atomic mass is 19.1. The van der Waals surface area contributed by atoms with E-state index in [1.807, 2.05) is 37.3 Å². The minimum Gasteiger partial charge on any atom is -0.494 e. The van der Waals surface area contributed by atoms with Crippen LogP contribution < -0.4 is 15.1 Å². The van der Waals surface area contributed by atoms with Gasteiger partial charge in [-0.25, -0.2) is 9.37 Å². The normalized spacial score (nSPS) is 15.0. The van der Waals surface area contributed by atoms with Crippen molar-refractivity contribution >= 4 is 22.7 Å². The molecule has 1 amide bonds. The molecule has 0 saturated heterocycles. The van der Waals surface area contributed by atoms with E-state index in [0.717, 1.165) is 31.0 Å². The van der Waals surface area contributed by atoms with Crippen LogP contribution in [0.2, 0.25) is 0 Å². The molecule has 1 unspecified atom stereocenters. The number of benzene rings is 2. The van der Waals surface area contributed by atoms with Crippen LogP contribution >= 0.6 is 0 Å². The van der Waals surface area contributed by atoms with E-state index >= 15 is 0 Å². The van der Waals surface area contributed by atoms with Crippen molar-refractivity contribution in [2.45, 2.75) is 39.2 Å². The number of hydrogen-bond donors (Lipinski definition) is 0. The third kappa shape index (κ3) is 4.18. The van der Waals surface area contributed by atoms with Crippen molar-refractivity contribution in [2.75, 3.05) is 11.5 Å². The number of amides is 1. The van der Waals surface area contributed by atoms with Crippen LogP contribution in [0.5, 0.6) is 5.75 Å². The molecule has 0 saturated carbocycles. The first kappa shape index (κ1) is 22.8. The second-order valence-corrected chi connectivity index (χ2v) is 8.65. The van der Waals surface area contributed by atoms with Gasteiger partial charge in [0, 0.05) is 5.69 Å². The van der Waals surface area contributed by atoms with Crippen LogP contribution in [0, 0.1) is 12.7 Å². The fourth-order valence-electron chi connectivity index (χ4n) is 4.45. The van der Waals surface area contributed by atoms with E-state index in [0.29, 0.717) is 23.7 Å². The SMILES string of the molecule is CCCCCOc1ccc(C2c3c(oc4ccc(F)cc4c3=O)C(=O)N2c2cccc(C)n2)cc1. The van der Waals surface area contributed by atoms with Crippen LogP contribution in [0.25, 0.3) is 11.0 Å². The molecule has 35 heavy (non-hydrogen) atoms. The molecule has 0 bridgehead atoms. The highest BCUT2D eigenvalue weighted by Gasteiger charge is 2.44. The number of fused-ring (bicyclic) bond motifs is 2. The van der Waals surface area contributed by atoms with Gasteiger partial charge in [0.05, 0.1) is 23.6 Å². The van der Waals surface area contributed by atoms with Gasteiger partial charge in [0.1, 0.15) is 23.0 Å². The Bertz CT molecular complexity index is 1460. The summed E-state index contributed by atoms with van der Waals surface area (Å²) in [6.45, 7) is 4.59. The summed E-state index contributed by atoms with van der Waals surface area (Å²) in [5.74, 6) is 0.0456. The number of hydrogen-bond acceptors (Lipinski definition) is 5. The zero-order valence-corrected chi connectivity index (χ0v) is 19.6. The Kier molecular flexibility index (Phi) is 6.07. The van der Waals surface area contributed by atoms with Gasteiger partial charge in [-0.05, 0) is 61.4 Å². The molecule has 4 aromatic rings. The van der Waals surface area contributed by atoms with Crippen molar-refractivity contribution in [1.29, 1.82) is 0 Å². The number of ether oxygens (including phenoxy) is 1. The topological polar surface area (TPSA) is 72.6 Å². The lowest BCUT2D eigenvalue weighted by Crippen LogP contribution is -2.30. The predicted molar refractivity (Wildman–Crippen MR) is 132 cm³/mol. The zero-order chi connectivity index (χ0) is 24.5. The number of unbranched alkanes of at least 4 members (excludes halogenated alkanes) is 2. The average molecular weight is 473 g/mol. The molecule has 3 heterocycles. The van der Waals surface area contributed by atoms with Crippen molar-refractivity contribution in [1.82, 2.24) is 4.98 Å². The molecular weight excluding hydrogens is 447 g/mol. The summed E-state index contributed by atoms with van der Waals surface area (Å²) in [5.41, 5.74) is 1.33. The van der Waals surface area contributed by atoms with Gasteiger partial charge in [-0.15, -0.1) is 0 Å². The van der Waals surface area contributed by atoms with E-state index in [2.05, 4.69) is 11.9 Å². The number of aryl methyl sites for hydroxylation is 1. The Balaban J connectivity index is 1.63. The lowest BCUT2D eigenvalue weighted by Gasteiger charge is -2.24. The van der Waals surface area contributed by atoms with Gasteiger partial charge in [0.25, 0.3) is 5.91 Å². The third-order valence-electron chi connectivity index (χ3n) is 6.17. The van der Waals surface area contributed by atoms with Crippen molar-refractivity contribution < 1.29 is 18.3 Å². The number of carbonyl (C=O) groups excluding carboxylic acids is 1. The lowest BCUT2D eigenvalue weighted by molar-refractivity contribution is 0.0970. The van der Waals surface area contributed by atoms with Gasteiger partial charge < -0.3 is 9.15 Å². The van der Waals surface area contributed by atoms with Crippen molar-refractivity contribution in [2.24, 2.45) is 0 Å². The largest absolute Gasteiger partial charge is 0.494 e. The number of carbonyl (C=O) groups is 1. The Labute approximate surface area is 202 Å². The minimum absolute atomic E-state index is 0.0534. The Morgan fingerprint density at radius 3 is 2.60 bits per heavy atom. The second-order valence-electron chi connectivity index (χ2n) is 8.65. The summed E-state index contributed by atoms with van der Waals surface area (Å²) in [4.78, 5) is 33.1. The summed E-state index contributed by atoms with van der Waals surface area (Å²) >= 11 is 0. The van der Waals surface area contributed by atoms with Crippen LogP contribution in [-0.4, -0.2) is 17.5 Å². The van der Waals surface area contributed by atoms with Crippen LogP contribution in [0.3, 0.4) is 0 Å². The fourth-order valence-corrected chi connectivity index (χ4v) is 4.45. The first-order chi connectivity index (χ1) is 17.0. The molecule has 0 spiro atoms. The summed E-state index contributed by atoms with van der Waals surface area (Å²) < 4.78 is 25.7. The van der Waals surface area contributed by atoms with Gasteiger partial charge in [0.2, 0.25) is 5.76 Å². The standard InChI is InChI=1S/C28H25FN2O4/c1-3-4-5-15-34-20-12-9-18(10-13-20)25-24-26(32)21-16-19(29)11-14-22(21)35-27(24)28(33)31(25)23-8-6-7-17(2)30-23/h6-14,16,25H,3-5,15H2,1-2H3. The van der Waals surface area contributed by atoms with Gasteiger partial charge in [-0.2, -0.15) is 0 Å². The van der Waals surface area contributed by atoms with Crippen LogP contribution in [0.1, 0.15) is 59.6 Å². The summed E-state index contributed by atoms with van der Waals surface area (Å²) in [7, 11) is 0. The first-order valence-corrected chi connectivity index (χ1v) is 11.7. The van der Waals surface area contributed by atoms with Crippen molar-refractivity contribution in [3.05, 3.63) is 99.3 Å². The van der Waals surface area contributed by atoms with Crippen molar-refractivity contribution in [3.63, 3.8) is 0 Å². The maximum atomic E-state index is 14.0. The number of halogens is 1. The average Bonchev–Trinajstić information content (AvgIpc) is 3.15. The molecule has 178 valence electrons. The maximum Gasteiger partial charge on any atom is 0.296 e. The van der Waals surface area contributed by atoms with E-state index in [1.54, 1.807) is 12.1 Å². The third-order valence-corrected chi connectivity index (χ3v) is 6.17. The first-order valence-electron chi connectivity index (χ1n) is 11.7. The molecule has 0 N–H and O–H groups in total. The van der Waals surface area contributed by atoms with Gasteiger partial charge >= 0.3 is 0 Å². The molecule has 2 aromatic carbocycles. The van der Waals surface area contributed by atoms with E-state index in [4.69, 9.17) is 9.15 Å². The van der Waals surface area contributed by atoms with Gasteiger partial charge in [0.15, 0.2) is 5.43 Å². The Morgan fingerprint density at radius 2 is 1.86 bits per heavy atom. The molecule has 0 fully saturated rings. The lowest BCUT2D eigenvalue weighted by atomic mass is 9.98. The molecule has 6 nitrogen and oxygen atoms in total. The second kappa shape index (κ2) is 9.33. The Morgan fingerprint density at radius 1 is 1.06 bits per heavy atom. The zero-order valence-electron chi connectivity index (χ0n) is 19.6. The number of aromatic nitrogens is 1. The summed E-state index contributed by atoms with van der Waals surface area (Å²) in [6.07, 6.45) is 3.18. The minimum atomic E-state index is -0.773. The quantitative estimate of drug-likeness (QED) is 0.311. The Hall–Kier alpha value is -4.00. The summed E-state index contributed by atoms with van der Waals surface area (Å²) in [6, 6.07) is 15.6. The monoisotopic (exact) mass is 472 g/mol. The molecule has 1 atom stereocenters. The van der Waals surface area contributed by atoms with E-state index in [9.17, 15) is 14.0 Å². The number of nitrogens with zero attached hydrogens (tertiary/aromatic N) is 2. The van der Waals surface area contributed by atoms with Crippen molar-refractivity contribution in [3.8, 4) is 5.75 Å². The fraction of sp³-hybridized carbons (Fsp3) is 0.250. The molecule has 5 rings (SSSR count). The van der Waals surface area contributed by atoms with Crippen LogP contribution in [0.4, 0.5) is 10.2 Å². The van der Waals surface area contributed by atoms with E-state index in [1.165, 1.54) is 17.0 Å². The number of rotatable bonds is 7. The van der Waals surface area contributed by atoms with E-state index < -0.39 is 23.2 Å². The molecule has 0 aliphatic carbocycles. The highest BCUT2D eigenvalue weighted by Crippen LogP contribution is 2.41. The molecule has 1 aliphatic heterocycles. The van der Waals surface area contributed by atoms with Gasteiger partial charge in [-0.1, -0.05) is 38.0 Å². The van der Waals surface area contributed by atoms with Crippen LogP contribution in [-0.2, 0) is 0 Å².